The first kappa shape index (κ1) is 10.4. The van der Waals surface area contributed by atoms with Crippen LogP contribution in [-0.2, 0) is 4.79 Å². The SMILES string of the molecule is C=C(O)CC(SC)C(=O)NC. The first-order valence-corrected chi connectivity index (χ1v) is 4.51. The van der Waals surface area contributed by atoms with E-state index in [1.165, 1.54) is 11.8 Å². The summed E-state index contributed by atoms with van der Waals surface area (Å²) in [5.41, 5.74) is 0. The summed E-state index contributed by atoms with van der Waals surface area (Å²) in [6.07, 6.45) is 2.14. The molecule has 1 amide bonds. The predicted molar refractivity (Wildman–Crippen MR) is 47.8 cm³/mol. The summed E-state index contributed by atoms with van der Waals surface area (Å²) in [6, 6.07) is 0. The van der Waals surface area contributed by atoms with Gasteiger partial charge in [-0.05, 0) is 6.26 Å². The molecular weight excluding hydrogens is 162 g/mol. The molecule has 64 valence electrons. The van der Waals surface area contributed by atoms with Gasteiger partial charge in [-0.25, -0.2) is 0 Å². The normalized spacial score (nSPS) is 12.2. The Morgan fingerprint density at radius 1 is 1.82 bits per heavy atom. The van der Waals surface area contributed by atoms with Gasteiger partial charge in [-0.1, -0.05) is 6.58 Å². The van der Waals surface area contributed by atoms with Crippen LogP contribution in [0, 0.1) is 0 Å². The van der Waals surface area contributed by atoms with E-state index < -0.39 is 0 Å². The van der Waals surface area contributed by atoms with Gasteiger partial charge < -0.3 is 10.4 Å². The number of amides is 1. The lowest BCUT2D eigenvalue weighted by Gasteiger charge is -2.10. The third-order valence-electron chi connectivity index (χ3n) is 1.24. The molecule has 0 aliphatic rings. The zero-order chi connectivity index (χ0) is 8.85. The average Bonchev–Trinajstić information content (AvgIpc) is 1.98. The van der Waals surface area contributed by atoms with E-state index in [1.807, 2.05) is 6.26 Å². The molecule has 0 rings (SSSR count). The summed E-state index contributed by atoms with van der Waals surface area (Å²) in [5.74, 6) is -0.0272. The van der Waals surface area contributed by atoms with Crippen LogP contribution in [0.2, 0.25) is 0 Å². The Hall–Kier alpha value is -0.640. The highest BCUT2D eigenvalue weighted by atomic mass is 32.2. The van der Waals surface area contributed by atoms with E-state index >= 15 is 0 Å². The molecule has 1 atom stereocenters. The maximum Gasteiger partial charge on any atom is 0.233 e. The third-order valence-corrected chi connectivity index (χ3v) is 2.19. The zero-order valence-corrected chi connectivity index (χ0v) is 7.57. The Balaban J connectivity index is 3.94. The number of rotatable bonds is 4. The molecule has 0 saturated carbocycles. The smallest absolute Gasteiger partial charge is 0.233 e. The van der Waals surface area contributed by atoms with Crippen molar-refractivity contribution in [2.24, 2.45) is 0 Å². The zero-order valence-electron chi connectivity index (χ0n) is 6.76. The molecule has 0 aromatic rings. The van der Waals surface area contributed by atoms with Gasteiger partial charge in [0, 0.05) is 13.5 Å². The van der Waals surface area contributed by atoms with Gasteiger partial charge in [-0.2, -0.15) is 11.8 Å². The molecule has 0 saturated heterocycles. The highest BCUT2D eigenvalue weighted by Gasteiger charge is 2.15. The molecule has 11 heavy (non-hydrogen) atoms. The lowest BCUT2D eigenvalue weighted by molar-refractivity contribution is -0.120. The number of hydrogen-bond acceptors (Lipinski definition) is 3. The average molecular weight is 175 g/mol. The van der Waals surface area contributed by atoms with Gasteiger partial charge in [0.25, 0.3) is 0 Å². The second-order valence-electron chi connectivity index (χ2n) is 2.11. The highest BCUT2D eigenvalue weighted by molar-refractivity contribution is 7.99. The minimum atomic E-state index is -0.225. The van der Waals surface area contributed by atoms with Gasteiger partial charge in [0.05, 0.1) is 11.0 Å². The molecule has 0 aromatic heterocycles. The van der Waals surface area contributed by atoms with Crippen molar-refractivity contribution in [3.8, 4) is 0 Å². The van der Waals surface area contributed by atoms with E-state index in [2.05, 4.69) is 11.9 Å². The van der Waals surface area contributed by atoms with Crippen molar-refractivity contribution in [1.82, 2.24) is 5.32 Å². The fourth-order valence-electron chi connectivity index (χ4n) is 0.658. The van der Waals surface area contributed by atoms with E-state index in [9.17, 15) is 4.79 Å². The maximum absolute atomic E-state index is 11.0. The molecule has 0 radical (unpaired) electrons. The van der Waals surface area contributed by atoms with Gasteiger partial charge in [-0.3, -0.25) is 4.79 Å². The molecule has 0 fully saturated rings. The van der Waals surface area contributed by atoms with E-state index in [0.717, 1.165) is 0 Å². The van der Waals surface area contributed by atoms with E-state index in [0.29, 0.717) is 6.42 Å². The van der Waals surface area contributed by atoms with Crippen molar-refractivity contribution in [3.63, 3.8) is 0 Å². The quantitative estimate of drug-likeness (QED) is 0.625. The van der Waals surface area contributed by atoms with E-state index in [-0.39, 0.29) is 16.9 Å². The fraction of sp³-hybridized carbons (Fsp3) is 0.571. The van der Waals surface area contributed by atoms with Gasteiger partial charge in [0.15, 0.2) is 0 Å². The summed E-state index contributed by atoms with van der Waals surface area (Å²) in [7, 11) is 1.58. The minimum absolute atomic E-state index is 0.0490. The number of carbonyl (C=O) groups is 1. The Kier molecular flexibility index (Phi) is 4.77. The number of hydrogen-bond donors (Lipinski definition) is 2. The minimum Gasteiger partial charge on any atom is -0.513 e. The van der Waals surface area contributed by atoms with Crippen molar-refractivity contribution in [2.45, 2.75) is 11.7 Å². The number of aliphatic hydroxyl groups is 1. The van der Waals surface area contributed by atoms with Crippen LogP contribution < -0.4 is 5.32 Å². The van der Waals surface area contributed by atoms with Crippen LogP contribution >= 0.6 is 11.8 Å². The number of aliphatic hydroxyl groups excluding tert-OH is 1. The van der Waals surface area contributed by atoms with Crippen molar-refractivity contribution < 1.29 is 9.90 Å². The van der Waals surface area contributed by atoms with Crippen molar-refractivity contribution >= 4 is 17.7 Å². The summed E-state index contributed by atoms with van der Waals surface area (Å²) in [5, 5.41) is 11.1. The summed E-state index contributed by atoms with van der Waals surface area (Å²) in [6.45, 7) is 3.32. The molecular formula is C7H13NO2S. The van der Waals surface area contributed by atoms with Crippen LogP contribution in [0.1, 0.15) is 6.42 Å². The van der Waals surface area contributed by atoms with E-state index in [4.69, 9.17) is 5.11 Å². The second-order valence-corrected chi connectivity index (χ2v) is 3.15. The fourth-order valence-corrected chi connectivity index (χ4v) is 1.35. The molecule has 2 N–H and O–H groups in total. The number of allylic oxidation sites excluding steroid dienone is 1. The summed E-state index contributed by atoms with van der Waals surface area (Å²) < 4.78 is 0. The predicted octanol–water partition coefficient (Wildman–Crippen LogP) is 0.926. The molecule has 3 nitrogen and oxygen atoms in total. The second kappa shape index (κ2) is 5.07. The van der Waals surface area contributed by atoms with Crippen LogP contribution in [0.5, 0.6) is 0 Å². The number of thioether (sulfide) groups is 1. The number of nitrogens with one attached hydrogen (secondary N) is 1. The van der Waals surface area contributed by atoms with Crippen LogP contribution in [0.3, 0.4) is 0 Å². The topological polar surface area (TPSA) is 49.3 Å². The summed E-state index contributed by atoms with van der Waals surface area (Å²) >= 11 is 1.40. The van der Waals surface area contributed by atoms with Gasteiger partial charge in [-0.15, -0.1) is 0 Å². The lowest BCUT2D eigenvalue weighted by Crippen LogP contribution is -2.29. The first-order valence-electron chi connectivity index (χ1n) is 3.23. The van der Waals surface area contributed by atoms with Crippen molar-refractivity contribution in [3.05, 3.63) is 12.3 Å². The van der Waals surface area contributed by atoms with Crippen molar-refractivity contribution in [2.75, 3.05) is 13.3 Å². The monoisotopic (exact) mass is 175 g/mol. The lowest BCUT2D eigenvalue weighted by atomic mass is 10.2. The molecule has 0 heterocycles. The molecule has 1 unspecified atom stereocenters. The molecule has 0 bridgehead atoms. The van der Waals surface area contributed by atoms with Gasteiger partial charge >= 0.3 is 0 Å². The first-order chi connectivity index (χ1) is 5.11. The van der Waals surface area contributed by atoms with Gasteiger partial charge in [0.1, 0.15) is 0 Å². The third kappa shape index (κ3) is 3.93. The molecule has 0 aromatic carbocycles. The van der Waals surface area contributed by atoms with E-state index in [1.54, 1.807) is 7.05 Å². The van der Waals surface area contributed by atoms with Crippen LogP contribution in [-0.4, -0.2) is 29.6 Å². The molecule has 0 aliphatic carbocycles. The largest absolute Gasteiger partial charge is 0.513 e. The molecule has 4 heteroatoms. The standard InChI is InChI=1S/C7H13NO2S/c1-5(9)4-6(11-3)7(10)8-2/h6,9H,1,4H2,2-3H3,(H,8,10). The van der Waals surface area contributed by atoms with Crippen LogP contribution in [0.4, 0.5) is 0 Å². The Morgan fingerprint density at radius 2 is 2.36 bits per heavy atom. The summed E-state index contributed by atoms with van der Waals surface area (Å²) in [4.78, 5) is 11.0. The number of carbonyl (C=O) groups excluding carboxylic acids is 1. The van der Waals surface area contributed by atoms with Crippen LogP contribution in [0.15, 0.2) is 12.3 Å². The Bertz CT molecular complexity index is 159. The van der Waals surface area contributed by atoms with Crippen LogP contribution in [0.25, 0.3) is 0 Å². The van der Waals surface area contributed by atoms with Gasteiger partial charge in [0.2, 0.25) is 5.91 Å². The highest BCUT2D eigenvalue weighted by Crippen LogP contribution is 2.13. The Labute approximate surface area is 70.9 Å². The Morgan fingerprint density at radius 3 is 2.64 bits per heavy atom. The van der Waals surface area contributed by atoms with Crippen molar-refractivity contribution in [1.29, 1.82) is 0 Å². The molecule has 0 spiro atoms. The molecule has 0 aliphatic heterocycles. The maximum atomic E-state index is 11.0.